The van der Waals surface area contributed by atoms with Gasteiger partial charge < -0.3 is 13.9 Å². The van der Waals surface area contributed by atoms with Crippen LogP contribution in [0.15, 0.2) is 33.3 Å². The lowest BCUT2D eigenvalue weighted by molar-refractivity contribution is -0.215. The van der Waals surface area contributed by atoms with Crippen LogP contribution in [-0.2, 0) is 15.6 Å². The van der Waals surface area contributed by atoms with Crippen molar-refractivity contribution in [1.82, 2.24) is 20.3 Å². The predicted octanol–water partition coefficient (Wildman–Crippen LogP) is 7.20. The molecular weight excluding hydrogens is 533 g/mol. The quantitative estimate of drug-likeness (QED) is 0.281. The van der Waals surface area contributed by atoms with E-state index in [9.17, 15) is 9.18 Å². The van der Waals surface area contributed by atoms with Crippen molar-refractivity contribution in [2.45, 2.75) is 120 Å². The zero-order chi connectivity index (χ0) is 29.0. The summed E-state index contributed by atoms with van der Waals surface area (Å²) < 4.78 is 25.8. The standard InChI is InChI=1S/C33H40FN5O3/c1-29(2,3)27-36-28(42-38-27)32-12-9-30(10-13-32,11-14-32)20-39(24(40)16-31-17-33(34,18-31)19-31)23-6-4-5-22(15-23)26-35-25(37-41-26)21-7-8-21/h4-6,15,21H,7-14,16-20H2,1-3H3. The van der Waals surface area contributed by atoms with E-state index in [4.69, 9.17) is 14.0 Å². The predicted molar refractivity (Wildman–Crippen MR) is 154 cm³/mol. The molecule has 1 amide bonds. The highest BCUT2D eigenvalue weighted by Gasteiger charge is 2.69. The van der Waals surface area contributed by atoms with Gasteiger partial charge >= 0.3 is 0 Å². The molecule has 2 heterocycles. The summed E-state index contributed by atoms with van der Waals surface area (Å²) in [7, 11) is 0. The molecule has 0 aliphatic heterocycles. The summed E-state index contributed by atoms with van der Waals surface area (Å²) in [6.45, 7) is 6.99. The van der Waals surface area contributed by atoms with Crippen molar-refractivity contribution in [3.8, 4) is 11.5 Å². The topological polar surface area (TPSA) is 98.2 Å². The van der Waals surface area contributed by atoms with Crippen LogP contribution >= 0.6 is 0 Å². The number of carbonyl (C=O) groups is 1. The van der Waals surface area contributed by atoms with E-state index < -0.39 is 5.67 Å². The van der Waals surface area contributed by atoms with E-state index in [0.29, 0.717) is 44.0 Å². The first-order valence-corrected chi connectivity index (χ1v) is 15.8. The van der Waals surface area contributed by atoms with Gasteiger partial charge in [0.25, 0.3) is 5.89 Å². The Bertz CT molecular complexity index is 1500. The smallest absolute Gasteiger partial charge is 0.258 e. The number of rotatable bonds is 8. The van der Waals surface area contributed by atoms with E-state index >= 15 is 0 Å². The maximum Gasteiger partial charge on any atom is 0.258 e. The van der Waals surface area contributed by atoms with Crippen molar-refractivity contribution in [2.75, 3.05) is 11.4 Å². The Morgan fingerprint density at radius 3 is 2.31 bits per heavy atom. The van der Waals surface area contributed by atoms with Crippen molar-refractivity contribution in [1.29, 1.82) is 0 Å². The Morgan fingerprint density at radius 1 is 0.976 bits per heavy atom. The number of halogens is 1. The van der Waals surface area contributed by atoms with Crippen LogP contribution in [0.1, 0.15) is 121 Å². The fraction of sp³-hybridized carbons (Fsp3) is 0.667. The van der Waals surface area contributed by atoms with E-state index in [-0.39, 0.29) is 27.6 Å². The average Bonchev–Trinajstić information content (AvgIpc) is 3.43. The number of hydrogen-bond acceptors (Lipinski definition) is 7. The minimum atomic E-state index is -1.02. The SMILES string of the molecule is CC(C)(C)c1noc(C23CCC(CN(C(=O)CC45CC(F)(C4)C5)c4cccc(-c5nc(C6CC6)no5)c4)(CC2)CC3)n1. The summed E-state index contributed by atoms with van der Waals surface area (Å²) in [5.41, 5.74) is 0.335. The number of aromatic nitrogens is 4. The molecule has 7 aliphatic rings. The number of anilines is 1. The highest BCUT2D eigenvalue weighted by Crippen LogP contribution is 2.71. The fourth-order valence-electron chi connectivity index (χ4n) is 8.35. The number of alkyl halides is 1. The minimum Gasteiger partial charge on any atom is -0.339 e. The second-order valence-corrected chi connectivity index (χ2v) is 15.6. The Labute approximate surface area is 245 Å². The van der Waals surface area contributed by atoms with E-state index in [1.165, 1.54) is 0 Å². The van der Waals surface area contributed by atoms with E-state index in [1.54, 1.807) is 0 Å². The molecule has 7 aliphatic carbocycles. The molecule has 222 valence electrons. The lowest BCUT2D eigenvalue weighted by Crippen LogP contribution is -2.65. The van der Waals surface area contributed by atoms with Crippen molar-refractivity contribution < 1.29 is 18.2 Å². The summed E-state index contributed by atoms with van der Waals surface area (Å²) in [5.74, 6) is 3.33. The number of benzene rings is 1. The third-order valence-electron chi connectivity index (χ3n) is 11.1. The van der Waals surface area contributed by atoms with Crippen molar-refractivity contribution in [3.63, 3.8) is 0 Å². The molecule has 9 heteroatoms. The molecule has 7 fully saturated rings. The van der Waals surface area contributed by atoms with Crippen molar-refractivity contribution in [3.05, 3.63) is 41.8 Å². The van der Waals surface area contributed by atoms with Gasteiger partial charge in [0.05, 0.1) is 0 Å². The maximum absolute atomic E-state index is 14.4. The Kier molecular flexibility index (Phi) is 5.51. The molecule has 10 rings (SSSR count). The van der Waals surface area contributed by atoms with Gasteiger partial charge in [0.2, 0.25) is 11.8 Å². The minimum absolute atomic E-state index is 0.0324. The van der Waals surface area contributed by atoms with Gasteiger partial charge in [-0.1, -0.05) is 37.2 Å². The first-order valence-electron chi connectivity index (χ1n) is 15.8. The number of amides is 1. The monoisotopic (exact) mass is 573 g/mol. The van der Waals surface area contributed by atoms with Crippen molar-refractivity contribution in [2.24, 2.45) is 10.8 Å². The lowest BCUT2D eigenvalue weighted by Gasteiger charge is -2.66. The van der Waals surface area contributed by atoms with Crippen LogP contribution in [0.4, 0.5) is 10.1 Å². The zero-order valence-electron chi connectivity index (χ0n) is 24.9. The van der Waals surface area contributed by atoms with E-state index in [0.717, 1.165) is 80.2 Å². The molecule has 0 spiro atoms. The van der Waals surface area contributed by atoms with E-state index in [1.807, 2.05) is 29.2 Å². The average molecular weight is 574 g/mol. The highest BCUT2D eigenvalue weighted by molar-refractivity contribution is 5.94. The Morgan fingerprint density at radius 2 is 1.69 bits per heavy atom. The third kappa shape index (κ3) is 4.32. The zero-order valence-corrected chi connectivity index (χ0v) is 24.9. The summed E-state index contributed by atoms with van der Waals surface area (Å²) in [5, 5.41) is 8.52. The van der Waals surface area contributed by atoms with Crippen LogP contribution in [0.2, 0.25) is 0 Å². The molecule has 2 aromatic heterocycles. The van der Waals surface area contributed by atoms with E-state index in [2.05, 4.69) is 36.1 Å². The van der Waals surface area contributed by atoms with Gasteiger partial charge in [-0.15, -0.1) is 0 Å². The second-order valence-electron chi connectivity index (χ2n) is 15.6. The number of carbonyl (C=O) groups excluding carboxylic acids is 1. The molecule has 1 aromatic carbocycles. The van der Waals surface area contributed by atoms with Gasteiger partial charge in [-0.25, -0.2) is 4.39 Å². The molecule has 4 bridgehead atoms. The lowest BCUT2D eigenvalue weighted by atomic mass is 9.41. The second kappa shape index (κ2) is 8.73. The molecule has 0 saturated heterocycles. The third-order valence-corrected chi connectivity index (χ3v) is 11.1. The van der Waals surface area contributed by atoms with Gasteiger partial charge in [-0.2, -0.15) is 9.97 Å². The van der Waals surface area contributed by atoms with Gasteiger partial charge in [0, 0.05) is 41.0 Å². The Balaban J connectivity index is 1.05. The number of nitrogens with zero attached hydrogens (tertiary/aromatic N) is 5. The molecule has 0 unspecified atom stereocenters. The van der Waals surface area contributed by atoms with Crippen LogP contribution in [0.25, 0.3) is 11.5 Å². The molecule has 42 heavy (non-hydrogen) atoms. The summed E-state index contributed by atoms with van der Waals surface area (Å²) in [6.07, 6.45) is 10.2. The van der Waals surface area contributed by atoms with Gasteiger partial charge in [0.1, 0.15) is 5.67 Å². The van der Waals surface area contributed by atoms with Crippen LogP contribution in [-0.4, -0.2) is 38.4 Å². The first-order chi connectivity index (χ1) is 20.0. The number of fused-ring (bicyclic) bond motifs is 3. The molecule has 3 aromatic rings. The number of hydrogen-bond donors (Lipinski definition) is 0. The summed E-state index contributed by atoms with van der Waals surface area (Å²) in [4.78, 5) is 25.6. The largest absolute Gasteiger partial charge is 0.339 e. The molecule has 8 nitrogen and oxygen atoms in total. The highest BCUT2D eigenvalue weighted by atomic mass is 19.1. The van der Waals surface area contributed by atoms with Crippen LogP contribution < -0.4 is 4.90 Å². The Hall–Kier alpha value is -3.10. The van der Waals surface area contributed by atoms with Crippen LogP contribution in [0.3, 0.4) is 0 Å². The normalized spacial score (nSPS) is 33.2. The molecule has 7 saturated carbocycles. The van der Waals surface area contributed by atoms with Gasteiger partial charge in [-0.05, 0) is 99.7 Å². The fourth-order valence-corrected chi connectivity index (χ4v) is 8.35. The summed E-state index contributed by atoms with van der Waals surface area (Å²) >= 11 is 0. The molecular formula is C33H40FN5O3. The maximum atomic E-state index is 14.4. The molecule has 0 atom stereocenters. The molecule has 0 N–H and O–H groups in total. The van der Waals surface area contributed by atoms with Gasteiger partial charge in [0.15, 0.2) is 11.6 Å². The van der Waals surface area contributed by atoms with Crippen LogP contribution in [0.5, 0.6) is 0 Å². The van der Waals surface area contributed by atoms with Crippen LogP contribution in [0, 0.1) is 10.8 Å². The van der Waals surface area contributed by atoms with Crippen molar-refractivity contribution >= 4 is 11.6 Å². The summed E-state index contributed by atoms with van der Waals surface area (Å²) in [6, 6.07) is 7.96. The first kappa shape index (κ1) is 26.5. The molecule has 0 radical (unpaired) electrons. The van der Waals surface area contributed by atoms with Gasteiger partial charge in [-0.3, -0.25) is 4.79 Å².